The first-order valence-corrected chi connectivity index (χ1v) is 5.21. The van der Waals surface area contributed by atoms with Gasteiger partial charge in [0.1, 0.15) is 0 Å². The van der Waals surface area contributed by atoms with Gasteiger partial charge in [-0.05, 0) is 52.1 Å². The quantitative estimate of drug-likeness (QED) is 0.698. The van der Waals surface area contributed by atoms with Crippen LogP contribution >= 0.6 is 12.4 Å². The van der Waals surface area contributed by atoms with E-state index in [4.69, 9.17) is 5.11 Å². The van der Waals surface area contributed by atoms with Crippen LogP contribution in [-0.2, 0) is 0 Å². The van der Waals surface area contributed by atoms with E-state index in [0.717, 1.165) is 31.8 Å². The molecule has 90 valence electrons. The van der Waals surface area contributed by atoms with Gasteiger partial charge in [-0.3, -0.25) is 0 Å². The Morgan fingerprint density at radius 2 is 2.27 bits per heavy atom. The molecular formula is C10H21ClN2O2. The Morgan fingerprint density at radius 1 is 1.60 bits per heavy atom. The highest BCUT2D eigenvalue weighted by Gasteiger charge is 2.23. The van der Waals surface area contributed by atoms with E-state index in [9.17, 15) is 4.79 Å². The second kappa shape index (κ2) is 6.18. The molecule has 1 aliphatic rings. The predicted octanol–water partition coefficient (Wildman–Crippen LogP) is 1.84. The summed E-state index contributed by atoms with van der Waals surface area (Å²) in [7, 11) is 0. The van der Waals surface area contributed by atoms with Crippen molar-refractivity contribution >= 4 is 18.5 Å². The van der Waals surface area contributed by atoms with Gasteiger partial charge in [-0.15, -0.1) is 12.4 Å². The van der Waals surface area contributed by atoms with Crippen LogP contribution in [0.2, 0.25) is 0 Å². The normalized spacial score (nSPS) is 20.8. The number of hydrogen-bond acceptors (Lipinski definition) is 2. The molecule has 4 nitrogen and oxygen atoms in total. The predicted molar refractivity (Wildman–Crippen MR) is 62.7 cm³/mol. The van der Waals surface area contributed by atoms with Crippen LogP contribution in [0, 0.1) is 5.92 Å². The van der Waals surface area contributed by atoms with Crippen molar-refractivity contribution in [2.75, 3.05) is 13.1 Å². The van der Waals surface area contributed by atoms with E-state index in [1.54, 1.807) is 0 Å². The zero-order valence-corrected chi connectivity index (χ0v) is 10.2. The monoisotopic (exact) mass is 236 g/mol. The van der Waals surface area contributed by atoms with Crippen molar-refractivity contribution in [3.63, 3.8) is 0 Å². The lowest BCUT2D eigenvalue weighted by Gasteiger charge is -2.25. The van der Waals surface area contributed by atoms with Crippen molar-refractivity contribution in [2.45, 2.75) is 38.6 Å². The van der Waals surface area contributed by atoms with Gasteiger partial charge >= 0.3 is 6.09 Å². The van der Waals surface area contributed by atoms with Crippen LogP contribution < -0.4 is 10.6 Å². The number of rotatable bonds is 4. The summed E-state index contributed by atoms with van der Waals surface area (Å²) in [5.74, 6) is 0.727. The molecule has 0 aromatic heterocycles. The lowest BCUT2D eigenvalue weighted by atomic mass is 9.92. The largest absolute Gasteiger partial charge is 0.465 e. The van der Waals surface area contributed by atoms with Crippen LogP contribution in [0.5, 0.6) is 0 Å². The van der Waals surface area contributed by atoms with E-state index < -0.39 is 6.09 Å². The first-order valence-electron chi connectivity index (χ1n) is 5.21. The molecule has 0 radical (unpaired) electrons. The van der Waals surface area contributed by atoms with Crippen LogP contribution in [0.1, 0.15) is 33.1 Å². The molecule has 0 aromatic carbocycles. The highest BCUT2D eigenvalue weighted by Crippen LogP contribution is 2.20. The van der Waals surface area contributed by atoms with Gasteiger partial charge in [0.25, 0.3) is 0 Å². The van der Waals surface area contributed by atoms with Crippen LogP contribution in [0.4, 0.5) is 4.79 Å². The van der Waals surface area contributed by atoms with Crippen LogP contribution in [0.25, 0.3) is 0 Å². The number of halogens is 1. The Labute approximate surface area is 97.2 Å². The second-order valence-electron chi connectivity index (χ2n) is 4.71. The molecule has 1 aliphatic heterocycles. The van der Waals surface area contributed by atoms with Gasteiger partial charge in [0.15, 0.2) is 0 Å². The molecule has 0 bridgehead atoms. The summed E-state index contributed by atoms with van der Waals surface area (Å²) in [6.07, 6.45) is 2.30. The molecule has 3 N–H and O–H groups in total. The van der Waals surface area contributed by atoms with Gasteiger partial charge in [-0.25, -0.2) is 4.79 Å². The average molecular weight is 237 g/mol. The van der Waals surface area contributed by atoms with Crippen molar-refractivity contribution in [1.29, 1.82) is 0 Å². The summed E-state index contributed by atoms with van der Waals surface area (Å²) < 4.78 is 0. The van der Waals surface area contributed by atoms with E-state index >= 15 is 0 Å². The van der Waals surface area contributed by atoms with E-state index in [-0.39, 0.29) is 17.9 Å². The molecule has 1 amide bonds. The molecule has 1 saturated heterocycles. The third-order valence-electron chi connectivity index (χ3n) is 2.79. The van der Waals surface area contributed by atoms with Crippen LogP contribution in [0.3, 0.4) is 0 Å². The second-order valence-corrected chi connectivity index (χ2v) is 4.71. The SMILES string of the molecule is CC(C)(CC[C@@H]1CCNC1)NC(=O)O.Cl. The minimum atomic E-state index is -0.931. The lowest BCUT2D eigenvalue weighted by molar-refractivity contribution is 0.179. The van der Waals surface area contributed by atoms with Gasteiger partial charge in [0, 0.05) is 5.54 Å². The Hall–Kier alpha value is -0.480. The molecular weight excluding hydrogens is 216 g/mol. The van der Waals surface area contributed by atoms with Gasteiger partial charge < -0.3 is 15.7 Å². The smallest absolute Gasteiger partial charge is 0.405 e. The Balaban J connectivity index is 0.00000196. The van der Waals surface area contributed by atoms with Gasteiger partial charge in [0.05, 0.1) is 0 Å². The third-order valence-corrected chi connectivity index (χ3v) is 2.79. The fraction of sp³-hybridized carbons (Fsp3) is 0.900. The highest BCUT2D eigenvalue weighted by atomic mass is 35.5. The maximum Gasteiger partial charge on any atom is 0.405 e. The molecule has 15 heavy (non-hydrogen) atoms. The summed E-state index contributed by atoms with van der Waals surface area (Å²) in [5.41, 5.74) is -0.297. The summed E-state index contributed by atoms with van der Waals surface area (Å²) in [4.78, 5) is 10.5. The van der Waals surface area contributed by atoms with Gasteiger partial charge in [0.2, 0.25) is 0 Å². The van der Waals surface area contributed by atoms with Crippen molar-refractivity contribution in [2.24, 2.45) is 5.92 Å². The average Bonchev–Trinajstić information content (AvgIpc) is 2.50. The molecule has 0 saturated carbocycles. The number of hydrogen-bond donors (Lipinski definition) is 3. The number of nitrogens with one attached hydrogen (secondary N) is 2. The lowest BCUT2D eigenvalue weighted by Crippen LogP contribution is -2.42. The molecule has 1 fully saturated rings. The molecule has 0 aromatic rings. The van der Waals surface area contributed by atoms with Gasteiger partial charge in [-0.1, -0.05) is 0 Å². The molecule has 1 heterocycles. The molecule has 1 atom stereocenters. The van der Waals surface area contributed by atoms with Crippen molar-refractivity contribution < 1.29 is 9.90 Å². The molecule has 0 unspecified atom stereocenters. The third kappa shape index (κ3) is 5.85. The molecule has 0 aliphatic carbocycles. The minimum absolute atomic E-state index is 0. The zero-order valence-electron chi connectivity index (χ0n) is 9.38. The standard InChI is InChI=1S/C10H20N2O2.ClH/c1-10(2,12-9(13)14)5-3-8-4-6-11-7-8;/h8,11-12H,3-7H2,1-2H3,(H,13,14);1H/t8-;/m1./s1. The van der Waals surface area contributed by atoms with E-state index in [0.29, 0.717) is 0 Å². The van der Waals surface area contributed by atoms with Crippen LogP contribution in [0.15, 0.2) is 0 Å². The van der Waals surface area contributed by atoms with Crippen molar-refractivity contribution in [3.05, 3.63) is 0 Å². The molecule has 5 heteroatoms. The summed E-state index contributed by atoms with van der Waals surface area (Å²) in [6, 6.07) is 0. The molecule has 0 spiro atoms. The first-order chi connectivity index (χ1) is 6.49. The number of carbonyl (C=O) groups is 1. The molecule has 1 rings (SSSR count). The Kier molecular flexibility index (Phi) is 5.98. The highest BCUT2D eigenvalue weighted by molar-refractivity contribution is 5.85. The maximum atomic E-state index is 10.5. The van der Waals surface area contributed by atoms with Crippen molar-refractivity contribution in [1.82, 2.24) is 10.6 Å². The maximum absolute atomic E-state index is 10.5. The zero-order chi connectivity index (χ0) is 10.6. The topological polar surface area (TPSA) is 61.4 Å². The number of carboxylic acid groups (broad SMARTS) is 1. The first kappa shape index (κ1) is 14.5. The van der Waals surface area contributed by atoms with E-state index in [2.05, 4.69) is 10.6 Å². The summed E-state index contributed by atoms with van der Waals surface area (Å²) in [5, 5.41) is 14.5. The Bertz CT molecular complexity index is 204. The fourth-order valence-electron chi connectivity index (χ4n) is 1.88. The summed E-state index contributed by atoms with van der Waals surface area (Å²) in [6.45, 7) is 6.06. The minimum Gasteiger partial charge on any atom is -0.465 e. The van der Waals surface area contributed by atoms with Gasteiger partial charge in [-0.2, -0.15) is 0 Å². The van der Waals surface area contributed by atoms with E-state index in [1.165, 1.54) is 6.42 Å². The van der Waals surface area contributed by atoms with Crippen molar-refractivity contribution in [3.8, 4) is 0 Å². The Morgan fingerprint density at radius 3 is 2.73 bits per heavy atom. The van der Waals surface area contributed by atoms with Crippen LogP contribution in [-0.4, -0.2) is 29.8 Å². The number of amides is 1. The fourth-order valence-corrected chi connectivity index (χ4v) is 1.88. The van der Waals surface area contributed by atoms with E-state index in [1.807, 2.05) is 13.8 Å². The summed E-state index contributed by atoms with van der Waals surface area (Å²) >= 11 is 0.